The van der Waals surface area contributed by atoms with E-state index in [1.54, 1.807) is 12.1 Å². The standard InChI is InChI=1S/C16H17N3O6S/c1-24-11-4-3-9(5-12(11)25-2)15(21)18-6-13(20)17-7-14-19-10(8-26-14)16(22)23/h3-5,8H,6-7H2,1-2H3,(H,17,20)(H,18,21)(H,22,23). The lowest BCUT2D eigenvalue weighted by Crippen LogP contribution is -2.36. The molecule has 0 saturated heterocycles. The summed E-state index contributed by atoms with van der Waals surface area (Å²) in [6.45, 7) is -0.145. The highest BCUT2D eigenvalue weighted by Crippen LogP contribution is 2.27. The summed E-state index contributed by atoms with van der Waals surface area (Å²) < 4.78 is 10.2. The van der Waals surface area contributed by atoms with Gasteiger partial charge in [-0.15, -0.1) is 11.3 Å². The maximum absolute atomic E-state index is 12.1. The van der Waals surface area contributed by atoms with Crippen LogP contribution in [0.1, 0.15) is 25.9 Å². The van der Waals surface area contributed by atoms with Crippen LogP contribution in [0.2, 0.25) is 0 Å². The van der Waals surface area contributed by atoms with Crippen molar-refractivity contribution in [1.29, 1.82) is 0 Å². The number of carboxylic acid groups (broad SMARTS) is 1. The van der Waals surface area contributed by atoms with Crippen LogP contribution in [-0.2, 0) is 11.3 Å². The molecule has 0 fully saturated rings. The quantitative estimate of drug-likeness (QED) is 0.622. The first-order valence-electron chi connectivity index (χ1n) is 7.39. The van der Waals surface area contributed by atoms with Crippen molar-refractivity contribution in [2.24, 2.45) is 0 Å². The molecule has 3 N–H and O–H groups in total. The molecule has 10 heteroatoms. The number of carboxylic acids is 1. The van der Waals surface area contributed by atoms with E-state index in [1.807, 2.05) is 0 Å². The van der Waals surface area contributed by atoms with Crippen molar-refractivity contribution in [3.63, 3.8) is 0 Å². The molecule has 0 saturated carbocycles. The summed E-state index contributed by atoms with van der Waals surface area (Å²) in [7, 11) is 2.95. The number of nitrogens with one attached hydrogen (secondary N) is 2. The van der Waals surface area contributed by atoms with Gasteiger partial charge in [-0.3, -0.25) is 9.59 Å². The van der Waals surface area contributed by atoms with Gasteiger partial charge in [0.1, 0.15) is 5.01 Å². The Labute approximate surface area is 153 Å². The Hall–Kier alpha value is -3.14. The SMILES string of the molecule is COc1ccc(C(=O)NCC(=O)NCc2nc(C(=O)O)cs2)cc1OC. The van der Waals surface area contributed by atoms with Gasteiger partial charge in [0.15, 0.2) is 17.2 Å². The number of aromatic carboxylic acids is 1. The lowest BCUT2D eigenvalue weighted by Gasteiger charge is -2.10. The van der Waals surface area contributed by atoms with E-state index in [0.717, 1.165) is 11.3 Å². The molecular weight excluding hydrogens is 362 g/mol. The molecule has 0 aliphatic heterocycles. The Kier molecular flexibility index (Phi) is 6.50. The predicted octanol–water partition coefficient (Wildman–Crippen LogP) is 0.905. The van der Waals surface area contributed by atoms with Gasteiger partial charge in [0.05, 0.1) is 27.3 Å². The molecule has 1 aromatic carbocycles. The van der Waals surface area contributed by atoms with Gasteiger partial charge in [-0.25, -0.2) is 9.78 Å². The molecule has 9 nitrogen and oxygen atoms in total. The summed E-state index contributed by atoms with van der Waals surface area (Å²) >= 11 is 1.13. The van der Waals surface area contributed by atoms with E-state index in [9.17, 15) is 14.4 Å². The fraction of sp³-hybridized carbons (Fsp3) is 0.250. The molecular formula is C16H17N3O6S. The third-order valence-electron chi connectivity index (χ3n) is 3.26. The van der Waals surface area contributed by atoms with E-state index in [0.29, 0.717) is 22.1 Å². The molecule has 0 aliphatic carbocycles. The van der Waals surface area contributed by atoms with Gasteiger partial charge in [0.2, 0.25) is 5.91 Å². The van der Waals surface area contributed by atoms with Crippen LogP contribution in [0.4, 0.5) is 0 Å². The van der Waals surface area contributed by atoms with Crippen LogP contribution >= 0.6 is 11.3 Å². The Bertz CT molecular complexity index is 820. The maximum Gasteiger partial charge on any atom is 0.355 e. The van der Waals surface area contributed by atoms with Crippen LogP contribution in [0.5, 0.6) is 11.5 Å². The third kappa shape index (κ3) is 4.93. The van der Waals surface area contributed by atoms with Crippen molar-refractivity contribution in [2.75, 3.05) is 20.8 Å². The maximum atomic E-state index is 12.1. The van der Waals surface area contributed by atoms with Gasteiger partial charge in [0.25, 0.3) is 5.91 Å². The monoisotopic (exact) mass is 379 g/mol. The minimum Gasteiger partial charge on any atom is -0.493 e. The number of thiazole rings is 1. The van der Waals surface area contributed by atoms with Crippen LogP contribution in [0.15, 0.2) is 23.6 Å². The van der Waals surface area contributed by atoms with E-state index < -0.39 is 17.8 Å². The fourth-order valence-corrected chi connectivity index (χ4v) is 2.67. The number of benzene rings is 1. The Morgan fingerprint density at radius 1 is 1.15 bits per heavy atom. The van der Waals surface area contributed by atoms with Gasteiger partial charge >= 0.3 is 5.97 Å². The highest BCUT2D eigenvalue weighted by molar-refractivity contribution is 7.09. The number of carbonyl (C=O) groups excluding carboxylic acids is 2. The average Bonchev–Trinajstić information content (AvgIpc) is 3.13. The molecule has 0 aliphatic rings. The molecule has 0 bridgehead atoms. The highest BCUT2D eigenvalue weighted by Gasteiger charge is 2.13. The largest absolute Gasteiger partial charge is 0.493 e. The van der Waals surface area contributed by atoms with E-state index in [2.05, 4.69) is 15.6 Å². The molecule has 1 aromatic heterocycles. The number of hydrogen-bond donors (Lipinski definition) is 3. The third-order valence-corrected chi connectivity index (χ3v) is 4.11. The second-order valence-electron chi connectivity index (χ2n) is 4.96. The fourth-order valence-electron chi connectivity index (χ4n) is 1.97. The van der Waals surface area contributed by atoms with Crippen LogP contribution in [0.25, 0.3) is 0 Å². The molecule has 0 radical (unpaired) electrons. The van der Waals surface area contributed by atoms with E-state index in [4.69, 9.17) is 14.6 Å². The lowest BCUT2D eigenvalue weighted by atomic mass is 10.2. The first-order valence-corrected chi connectivity index (χ1v) is 8.27. The number of methoxy groups -OCH3 is 2. The molecule has 26 heavy (non-hydrogen) atoms. The highest BCUT2D eigenvalue weighted by atomic mass is 32.1. The van der Waals surface area contributed by atoms with Crippen molar-refractivity contribution in [2.45, 2.75) is 6.54 Å². The second kappa shape index (κ2) is 8.81. The molecule has 0 spiro atoms. The lowest BCUT2D eigenvalue weighted by molar-refractivity contribution is -0.120. The van der Waals surface area contributed by atoms with Crippen molar-refractivity contribution in [3.8, 4) is 11.5 Å². The zero-order chi connectivity index (χ0) is 19.1. The predicted molar refractivity (Wildman–Crippen MR) is 92.8 cm³/mol. The average molecular weight is 379 g/mol. The number of nitrogens with zero attached hydrogens (tertiary/aromatic N) is 1. The minimum atomic E-state index is -1.12. The van der Waals surface area contributed by atoms with Gasteiger partial charge < -0.3 is 25.2 Å². The summed E-state index contributed by atoms with van der Waals surface area (Å²) in [6.07, 6.45) is 0. The van der Waals surface area contributed by atoms with E-state index in [-0.39, 0.29) is 18.8 Å². The van der Waals surface area contributed by atoms with Crippen molar-refractivity contribution in [1.82, 2.24) is 15.6 Å². The minimum absolute atomic E-state index is 0.0685. The Morgan fingerprint density at radius 2 is 1.88 bits per heavy atom. The van der Waals surface area contributed by atoms with Gasteiger partial charge in [-0.1, -0.05) is 0 Å². The van der Waals surface area contributed by atoms with Gasteiger partial charge in [-0.2, -0.15) is 0 Å². The molecule has 138 valence electrons. The van der Waals surface area contributed by atoms with Crippen LogP contribution in [-0.4, -0.2) is 48.6 Å². The van der Waals surface area contributed by atoms with E-state index in [1.165, 1.54) is 25.7 Å². The second-order valence-corrected chi connectivity index (χ2v) is 5.90. The molecule has 2 aromatic rings. The molecule has 2 rings (SSSR count). The zero-order valence-electron chi connectivity index (χ0n) is 14.1. The topological polar surface area (TPSA) is 127 Å². The molecule has 0 atom stereocenters. The number of ether oxygens (including phenoxy) is 2. The van der Waals surface area contributed by atoms with Crippen LogP contribution < -0.4 is 20.1 Å². The smallest absolute Gasteiger partial charge is 0.355 e. The summed E-state index contributed by atoms with van der Waals surface area (Å²) in [5.41, 5.74) is 0.252. The van der Waals surface area contributed by atoms with Gasteiger partial charge in [-0.05, 0) is 18.2 Å². The normalized spacial score (nSPS) is 10.1. The van der Waals surface area contributed by atoms with Crippen LogP contribution in [0.3, 0.4) is 0 Å². The van der Waals surface area contributed by atoms with Crippen LogP contribution in [0, 0.1) is 0 Å². The summed E-state index contributed by atoms with van der Waals surface area (Å²) in [5.74, 6) is -1.09. The number of amides is 2. The number of hydrogen-bond acceptors (Lipinski definition) is 7. The molecule has 0 unspecified atom stereocenters. The zero-order valence-corrected chi connectivity index (χ0v) is 14.9. The summed E-state index contributed by atoms with van der Waals surface area (Å²) in [5, 5.41) is 15.7. The summed E-state index contributed by atoms with van der Waals surface area (Å²) in [6, 6.07) is 4.66. The molecule has 1 heterocycles. The van der Waals surface area contributed by atoms with Crippen molar-refractivity contribution in [3.05, 3.63) is 39.8 Å². The van der Waals surface area contributed by atoms with Gasteiger partial charge in [0, 0.05) is 10.9 Å². The Balaban J connectivity index is 1.84. The number of rotatable bonds is 8. The van der Waals surface area contributed by atoms with E-state index >= 15 is 0 Å². The number of aromatic nitrogens is 1. The summed E-state index contributed by atoms with van der Waals surface area (Å²) in [4.78, 5) is 38.5. The van der Waals surface area contributed by atoms with Crippen molar-refractivity contribution < 1.29 is 29.0 Å². The Morgan fingerprint density at radius 3 is 2.50 bits per heavy atom. The molecule has 2 amide bonds. The van der Waals surface area contributed by atoms with Crippen molar-refractivity contribution >= 4 is 29.1 Å². The first kappa shape index (κ1) is 19.2. The first-order chi connectivity index (χ1) is 12.4. The number of carbonyl (C=O) groups is 3.